The van der Waals surface area contributed by atoms with Crippen LogP contribution >= 0.6 is 11.8 Å². The third-order valence-electron chi connectivity index (χ3n) is 2.33. The first-order valence-electron chi connectivity index (χ1n) is 5.10. The summed E-state index contributed by atoms with van der Waals surface area (Å²) in [4.78, 5) is 11.2. The zero-order chi connectivity index (χ0) is 13.9. The summed E-state index contributed by atoms with van der Waals surface area (Å²) >= 11 is 1.09. The van der Waals surface area contributed by atoms with Crippen molar-refractivity contribution in [3.8, 4) is 0 Å². The molecular formula is C10H14N2O4S2. The molecule has 1 N–H and O–H groups in total. The van der Waals surface area contributed by atoms with Crippen LogP contribution in [0.3, 0.4) is 0 Å². The van der Waals surface area contributed by atoms with Crippen molar-refractivity contribution in [1.82, 2.24) is 10.2 Å². The van der Waals surface area contributed by atoms with Crippen molar-refractivity contribution in [3.05, 3.63) is 16.8 Å². The number of carboxylic acids is 1. The minimum atomic E-state index is -3.06. The lowest BCUT2D eigenvalue weighted by atomic mass is 10.1. The van der Waals surface area contributed by atoms with Gasteiger partial charge in [-0.15, -0.1) is 16.9 Å². The first-order chi connectivity index (χ1) is 8.22. The van der Waals surface area contributed by atoms with Crippen molar-refractivity contribution in [3.63, 3.8) is 0 Å². The van der Waals surface area contributed by atoms with Gasteiger partial charge in [-0.25, -0.2) is 13.2 Å². The summed E-state index contributed by atoms with van der Waals surface area (Å²) in [5, 5.41) is 17.1. The van der Waals surface area contributed by atoms with Gasteiger partial charge in [-0.1, -0.05) is 0 Å². The van der Waals surface area contributed by atoms with E-state index in [2.05, 4.69) is 10.2 Å². The van der Waals surface area contributed by atoms with E-state index in [9.17, 15) is 13.2 Å². The third kappa shape index (κ3) is 3.95. The Bertz CT molecular complexity index is 569. The number of sulfone groups is 1. The van der Waals surface area contributed by atoms with Gasteiger partial charge < -0.3 is 5.11 Å². The van der Waals surface area contributed by atoms with Crippen LogP contribution < -0.4 is 0 Å². The lowest BCUT2D eigenvalue weighted by Crippen LogP contribution is -2.10. The number of rotatable bonds is 5. The molecule has 0 radical (unpaired) electrons. The first-order valence-corrected chi connectivity index (χ1v) is 8.14. The van der Waals surface area contributed by atoms with Crippen LogP contribution in [0.25, 0.3) is 0 Å². The molecule has 0 aromatic carbocycles. The topological polar surface area (TPSA) is 97.2 Å². The standard InChI is InChI=1S/C10H14N2O4S2/c1-6-7(2)11-12-9(8(6)10(13)14)17-4-5-18(3,15)16/h4-5H2,1-3H3,(H,13,14). The van der Waals surface area contributed by atoms with Gasteiger partial charge >= 0.3 is 5.97 Å². The number of nitrogens with zero attached hydrogens (tertiary/aromatic N) is 2. The molecule has 0 aliphatic carbocycles. The molecule has 0 amide bonds. The summed E-state index contributed by atoms with van der Waals surface area (Å²) in [5.41, 5.74) is 1.21. The fourth-order valence-corrected chi connectivity index (χ4v) is 3.45. The number of aromatic nitrogens is 2. The molecule has 0 aliphatic heterocycles. The SMILES string of the molecule is Cc1nnc(SCCS(C)(=O)=O)c(C(=O)O)c1C. The van der Waals surface area contributed by atoms with Crippen LogP contribution in [0, 0.1) is 13.8 Å². The molecule has 0 aliphatic rings. The second-order valence-corrected chi connectivity index (χ2v) is 7.22. The van der Waals surface area contributed by atoms with E-state index in [1.807, 2.05) is 0 Å². The molecule has 1 aromatic heterocycles. The Morgan fingerprint density at radius 3 is 2.44 bits per heavy atom. The van der Waals surface area contributed by atoms with Crippen molar-refractivity contribution in [2.75, 3.05) is 17.8 Å². The molecule has 0 unspecified atom stereocenters. The van der Waals surface area contributed by atoms with Crippen LogP contribution in [0.2, 0.25) is 0 Å². The van der Waals surface area contributed by atoms with Gasteiger partial charge in [0.25, 0.3) is 0 Å². The average molecular weight is 290 g/mol. The zero-order valence-corrected chi connectivity index (χ0v) is 11.9. The van der Waals surface area contributed by atoms with E-state index in [0.717, 1.165) is 18.0 Å². The van der Waals surface area contributed by atoms with Gasteiger partial charge in [0.1, 0.15) is 14.9 Å². The molecule has 0 saturated carbocycles. The van der Waals surface area contributed by atoms with Gasteiger partial charge in [0.15, 0.2) is 0 Å². The summed E-state index contributed by atoms with van der Waals surface area (Å²) in [5.74, 6) is -0.839. The molecule has 100 valence electrons. The predicted molar refractivity (Wildman–Crippen MR) is 68.9 cm³/mol. The zero-order valence-electron chi connectivity index (χ0n) is 10.3. The van der Waals surface area contributed by atoms with Crippen molar-refractivity contribution < 1.29 is 18.3 Å². The van der Waals surface area contributed by atoms with Crippen molar-refractivity contribution in [2.24, 2.45) is 0 Å². The second-order valence-electron chi connectivity index (χ2n) is 3.87. The van der Waals surface area contributed by atoms with Gasteiger partial charge in [0, 0.05) is 12.0 Å². The number of hydrogen-bond donors (Lipinski definition) is 1. The third-order valence-corrected chi connectivity index (χ3v) is 4.50. The van der Waals surface area contributed by atoms with E-state index in [1.165, 1.54) is 0 Å². The maximum atomic E-state index is 11.2. The lowest BCUT2D eigenvalue weighted by molar-refractivity contribution is 0.0690. The Hall–Kier alpha value is -1.15. The van der Waals surface area contributed by atoms with E-state index in [0.29, 0.717) is 11.3 Å². The number of aryl methyl sites for hydroxylation is 1. The van der Waals surface area contributed by atoms with Gasteiger partial charge in [-0.3, -0.25) is 0 Å². The highest BCUT2D eigenvalue weighted by Crippen LogP contribution is 2.23. The van der Waals surface area contributed by atoms with E-state index < -0.39 is 15.8 Å². The summed E-state index contributed by atoms with van der Waals surface area (Å²) in [6.07, 6.45) is 1.14. The highest BCUT2D eigenvalue weighted by Gasteiger charge is 2.18. The molecule has 1 heterocycles. The minimum Gasteiger partial charge on any atom is -0.478 e. The van der Waals surface area contributed by atoms with Crippen LogP contribution in [0.5, 0.6) is 0 Å². The molecule has 1 rings (SSSR count). The molecule has 18 heavy (non-hydrogen) atoms. The van der Waals surface area contributed by atoms with Gasteiger partial charge in [0.2, 0.25) is 0 Å². The fourth-order valence-electron chi connectivity index (χ4n) is 1.23. The number of carboxylic acid groups (broad SMARTS) is 1. The minimum absolute atomic E-state index is 0.0225. The molecule has 0 saturated heterocycles. The summed E-state index contributed by atoms with van der Waals surface area (Å²) in [6, 6.07) is 0. The molecule has 0 atom stereocenters. The monoisotopic (exact) mass is 290 g/mol. The van der Waals surface area contributed by atoms with Gasteiger partial charge in [-0.2, -0.15) is 5.10 Å². The number of aromatic carboxylic acids is 1. The number of hydrogen-bond acceptors (Lipinski definition) is 6. The fraction of sp³-hybridized carbons (Fsp3) is 0.500. The van der Waals surface area contributed by atoms with E-state index in [1.54, 1.807) is 13.8 Å². The highest BCUT2D eigenvalue weighted by atomic mass is 32.2. The van der Waals surface area contributed by atoms with E-state index in [4.69, 9.17) is 5.11 Å². The molecule has 8 heteroatoms. The first kappa shape index (κ1) is 14.9. The summed E-state index contributed by atoms with van der Waals surface area (Å²) in [7, 11) is -3.06. The summed E-state index contributed by atoms with van der Waals surface area (Å²) < 4.78 is 22.0. The van der Waals surface area contributed by atoms with Crippen molar-refractivity contribution in [2.45, 2.75) is 18.9 Å². The van der Waals surface area contributed by atoms with Crippen LogP contribution in [0.1, 0.15) is 21.6 Å². The normalized spacial score (nSPS) is 11.5. The van der Waals surface area contributed by atoms with Crippen molar-refractivity contribution in [1.29, 1.82) is 0 Å². The largest absolute Gasteiger partial charge is 0.478 e. The number of thioether (sulfide) groups is 1. The summed E-state index contributed by atoms with van der Waals surface area (Å²) in [6.45, 7) is 3.34. The maximum absolute atomic E-state index is 11.2. The Kier molecular flexibility index (Phi) is 4.69. The highest BCUT2D eigenvalue weighted by molar-refractivity contribution is 8.00. The van der Waals surface area contributed by atoms with Crippen LogP contribution in [0.15, 0.2) is 5.03 Å². The van der Waals surface area contributed by atoms with Crippen LogP contribution in [-0.2, 0) is 9.84 Å². The van der Waals surface area contributed by atoms with Gasteiger partial charge in [0.05, 0.1) is 17.0 Å². The Morgan fingerprint density at radius 1 is 1.33 bits per heavy atom. The number of carbonyl (C=O) groups is 1. The molecule has 0 bridgehead atoms. The predicted octanol–water partition coefficient (Wildman–Crippen LogP) is 0.928. The Balaban J connectivity index is 2.96. The molecular weight excluding hydrogens is 276 g/mol. The molecule has 1 aromatic rings. The van der Waals surface area contributed by atoms with Crippen LogP contribution in [-0.4, -0.2) is 47.5 Å². The van der Waals surface area contributed by atoms with Crippen LogP contribution in [0.4, 0.5) is 0 Å². The molecule has 6 nitrogen and oxygen atoms in total. The van der Waals surface area contributed by atoms with E-state index in [-0.39, 0.29) is 22.1 Å². The Labute approximate surface area is 110 Å². The Morgan fingerprint density at radius 2 is 1.94 bits per heavy atom. The lowest BCUT2D eigenvalue weighted by Gasteiger charge is -2.08. The second kappa shape index (κ2) is 5.66. The quantitative estimate of drug-likeness (QED) is 0.805. The van der Waals surface area contributed by atoms with Crippen molar-refractivity contribution >= 4 is 27.6 Å². The smallest absolute Gasteiger partial charge is 0.338 e. The average Bonchev–Trinajstić information content (AvgIpc) is 2.21. The molecule has 0 fully saturated rings. The van der Waals surface area contributed by atoms with Gasteiger partial charge in [-0.05, 0) is 19.4 Å². The maximum Gasteiger partial charge on any atom is 0.338 e. The molecule has 0 spiro atoms. The van der Waals surface area contributed by atoms with E-state index >= 15 is 0 Å².